The number of nitrogens with zero attached hydrogens (tertiary/aromatic N) is 2. The molecule has 7 atom stereocenters. The zero-order chi connectivity index (χ0) is 47.9. The summed E-state index contributed by atoms with van der Waals surface area (Å²) in [4.78, 5) is 95.4. The first-order chi connectivity index (χ1) is 30.9. The van der Waals surface area contributed by atoms with Crippen LogP contribution >= 0.6 is 0 Å². The van der Waals surface area contributed by atoms with Crippen molar-refractivity contribution in [1.29, 1.82) is 0 Å². The summed E-state index contributed by atoms with van der Waals surface area (Å²) in [6.07, 6.45) is 12.0. The van der Waals surface area contributed by atoms with Crippen LogP contribution in [0.5, 0.6) is 0 Å². The van der Waals surface area contributed by atoms with Crippen molar-refractivity contribution in [2.45, 2.75) is 161 Å². The fourth-order valence-electron chi connectivity index (χ4n) is 7.88. The molecule has 0 aliphatic carbocycles. The van der Waals surface area contributed by atoms with Crippen molar-refractivity contribution in [3.05, 3.63) is 72.3 Å². The van der Waals surface area contributed by atoms with Crippen LogP contribution in [0.2, 0.25) is 0 Å². The Kier molecular flexibility index (Phi) is 22.8. The van der Waals surface area contributed by atoms with Gasteiger partial charge in [0.15, 0.2) is 0 Å². The van der Waals surface area contributed by atoms with Crippen molar-refractivity contribution < 1.29 is 33.9 Å². The van der Waals surface area contributed by atoms with Crippen molar-refractivity contribution in [3.63, 3.8) is 0 Å². The summed E-state index contributed by atoms with van der Waals surface area (Å²) in [7, 11) is 0. The third kappa shape index (κ3) is 19.6. The predicted octanol–water partition coefficient (Wildman–Crippen LogP) is 2.63. The monoisotopic (exact) mass is 906 g/mol. The smallest absolute Gasteiger partial charge is 0.243 e. The van der Waals surface area contributed by atoms with E-state index in [4.69, 9.17) is 11.5 Å². The normalized spacial score (nSPS) is 14.8. The Morgan fingerprint density at radius 2 is 1.26 bits per heavy atom. The van der Waals surface area contributed by atoms with Crippen molar-refractivity contribution in [3.8, 4) is 0 Å². The van der Waals surface area contributed by atoms with Gasteiger partial charge in [-0.05, 0) is 63.5 Å². The number of unbranched alkanes of at least 4 members (excludes halogenated alkanes) is 4. The zero-order valence-corrected chi connectivity index (χ0v) is 39.2. The second kappa shape index (κ2) is 27.6. The molecule has 0 aliphatic rings. The van der Waals surface area contributed by atoms with E-state index in [2.05, 4.69) is 46.5 Å². The van der Waals surface area contributed by atoms with Crippen molar-refractivity contribution in [1.82, 2.24) is 46.5 Å². The number of primary amides is 1. The average Bonchev–Trinajstić information content (AvgIpc) is 3.97. The van der Waals surface area contributed by atoms with Gasteiger partial charge in [0.2, 0.25) is 35.4 Å². The largest absolute Gasteiger partial charge is 0.390 e. The van der Waals surface area contributed by atoms with Gasteiger partial charge in [0, 0.05) is 67.8 Å². The molecule has 3 unspecified atom stereocenters. The first-order valence-corrected chi connectivity index (χ1v) is 23.1. The number of amides is 6. The molecular weight excluding hydrogens is 831 g/mol. The molecular formula is C47H75N11O7. The van der Waals surface area contributed by atoms with Gasteiger partial charge in [-0.25, -0.2) is 9.97 Å². The Labute approximate surface area is 383 Å². The van der Waals surface area contributed by atoms with E-state index < -0.39 is 71.3 Å². The minimum atomic E-state index is -1.39. The molecule has 0 aliphatic heterocycles. The third-order valence-electron chi connectivity index (χ3n) is 11.7. The summed E-state index contributed by atoms with van der Waals surface area (Å²) >= 11 is 0. The molecule has 12 N–H and O–H groups in total. The highest BCUT2D eigenvalue weighted by Gasteiger charge is 2.38. The van der Waals surface area contributed by atoms with Gasteiger partial charge in [0.05, 0.1) is 18.3 Å². The molecule has 2 aromatic heterocycles. The van der Waals surface area contributed by atoms with Crippen LogP contribution in [-0.2, 0) is 48.0 Å². The lowest BCUT2D eigenvalue weighted by molar-refractivity contribution is -0.133. The van der Waals surface area contributed by atoms with Crippen LogP contribution in [0.25, 0.3) is 0 Å². The Morgan fingerprint density at radius 1 is 0.708 bits per heavy atom. The maximum atomic E-state index is 14.5. The van der Waals surface area contributed by atoms with Crippen LogP contribution < -0.4 is 38.1 Å². The fraction of sp³-hybridized carbons (Fsp3) is 0.617. The van der Waals surface area contributed by atoms with Gasteiger partial charge in [0.1, 0.15) is 24.2 Å². The zero-order valence-electron chi connectivity index (χ0n) is 39.2. The SMILES string of the molecule is CC[C@H](C)[C@H](NC(=O)CC[C@@H]([C@H](CC(C)C)NC(=O)C(Cc1cnc[nH]1)NC(=O)C(Cc1ccccc1)NC(=O)CCCCCCCN)C(C)(C)O)C(=O)NC(Cc1cnc[nH]1)C(N)=O. The number of benzene rings is 1. The molecule has 65 heavy (non-hydrogen) atoms. The van der Waals surface area contributed by atoms with Crippen LogP contribution in [0.3, 0.4) is 0 Å². The summed E-state index contributed by atoms with van der Waals surface area (Å²) in [5, 5.41) is 26.1. The number of aromatic amines is 2. The number of nitrogens with two attached hydrogens (primary N) is 2. The number of nitrogens with one attached hydrogen (secondary N) is 7. The first kappa shape index (κ1) is 53.7. The number of carbonyl (C=O) groups is 6. The molecule has 0 bridgehead atoms. The van der Waals surface area contributed by atoms with E-state index in [0.29, 0.717) is 37.2 Å². The number of aromatic nitrogens is 4. The molecule has 0 fully saturated rings. The molecule has 0 radical (unpaired) electrons. The number of hydrogen-bond donors (Lipinski definition) is 10. The summed E-state index contributed by atoms with van der Waals surface area (Å²) < 4.78 is 0. The maximum Gasteiger partial charge on any atom is 0.243 e. The van der Waals surface area contributed by atoms with E-state index in [9.17, 15) is 33.9 Å². The van der Waals surface area contributed by atoms with Crippen LogP contribution in [-0.4, -0.2) is 103 Å². The molecule has 0 saturated heterocycles. The summed E-state index contributed by atoms with van der Waals surface area (Å²) in [5.74, 6) is -4.01. The van der Waals surface area contributed by atoms with Crippen LogP contribution in [0.1, 0.15) is 123 Å². The lowest BCUT2D eigenvalue weighted by atomic mass is 9.78. The maximum absolute atomic E-state index is 14.5. The van der Waals surface area contributed by atoms with E-state index in [1.807, 2.05) is 58.0 Å². The molecule has 3 aromatic rings. The Hall–Kier alpha value is -5.62. The number of aliphatic hydroxyl groups is 1. The molecule has 1 aromatic carbocycles. The van der Waals surface area contributed by atoms with E-state index in [-0.39, 0.29) is 56.3 Å². The highest BCUT2D eigenvalue weighted by molar-refractivity contribution is 5.93. The summed E-state index contributed by atoms with van der Waals surface area (Å²) in [6.45, 7) is 11.5. The third-order valence-corrected chi connectivity index (χ3v) is 11.7. The molecule has 2 heterocycles. The van der Waals surface area contributed by atoms with Gasteiger partial charge in [-0.2, -0.15) is 0 Å². The molecule has 0 spiro atoms. The van der Waals surface area contributed by atoms with E-state index in [1.54, 1.807) is 20.0 Å². The summed E-state index contributed by atoms with van der Waals surface area (Å²) in [5.41, 5.74) is 11.9. The highest BCUT2D eigenvalue weighted by atomic mass is 16.3. The van der Waals surface area contributed by atoms with Crippen LogP contribution in [0, 0.1) is 17.8 Å². The van der Waals surface area contributed by atoms with E-state index in [1.165, 1.54) is 18.9 Å². The van der Waals surface area contributed by atoms with Crippen LogP contribution in [0.15, 0.2) is 55.4 Å². The van der Waals surface area contributed by atoms with Gasteiger partial charge in [-0.3, -0.25) is 28.8 Å². The first-order valence-electron chi connectivity index (χ1n) is 23.1. The lowest BCUT2D eigenvalue weighted by Gasteiger charge is -2.38. The standard InChI is InChI=1S/C47H75N11O7/c1-7-31(4)42(46(64)56-37(43(49)61)24-33-26-50-28-52-33)58-41(60)20-19-35(47(5,6)65)36(22-30(2)3)55-45(63)39(25-34-27-51-29-53-34)57-44(62)38(23-32-16-12-11-13-17-32)54-40(59)18-14-9-8-10-15-21-48/h11-13,16-17,26-31,35-39,42,65H,7-10,14-15,18-25,48H2,1-6H3,(H2,49,61)(H,50,52)(H,51,53)(H,54,59)(H,55,63)(H,56,64)(H,57,62)(H,58,60)/t31-,35-,36-,37?,38?,39?,42-/m0/s1. The summed E-state index contributed by atoms with van der Waals surface area (Å²) in [6, 6.07) is 4.52. The topological polar surface area (TPSA) is 292 Å². The lowest BCUT2D eigenvalue weighted by Crippen LogP contribution is -2.58. The Bertz CT molecular complexity index is 1880. The van der Waals surface area contributed by atoms with Gasteiger partial charge in [0.25, 0.3) is 0 Å². The number of H-pyrrole nitrogens is 2. The fourth-order valence-corrected chi connectivity index (χ4v) is 7.88. The Balaban J connectivity index is 1.81. The quantitative estimate of drug-likeness (QED) is 0.0421. The van der Waals surface area contributed by atoms with Gasteiger partial charge >= 0.3 is 0 Å². The molecule has 18 nitrogen and oxygen atoms in total. The van der Waals surface area contributed by atoms with Crippen molar-refractivity contribution >= 4 is 35.4 Å². The minimum Gasteiger partial charge on any atom is -0.390 e. The number of rotatable bonds is 31. The van der Waals surface area contributed by atoms with Crippen LogP contribution in [0.4, 0.5) is 0 Å². The molecule has 18 heteroatoms. The van der Waals surface area contributed by atoms with Gasteiger partial charge in [-0.1, -0.05) is 83.7 Å². The predicted molar refractivity (Wildman–Crippen MR) is 248 cm³/mol. The molecule has 6 amide bonds. The average molecular weight is 906 g/mol. The van der Waals surface area contributed by atoms with Crippen molar-refractivity contribution in [2.75, 3.05) is 6.54 Å². The second-order valence-corrected chi connectivity index (χ2v) is 18.2. The van der Waals surface area contributed by atoms with Gasteiger partial charge in [-0.15, -0.1) is 0 Å². The molecule has 360 valence electrons. The number of hydrogen-bond acceptors (Lipinski definition) is 10. The van der Waals surface area contributed by atoms with Crippen molar-refractivity contribution in [2.24, 2.45) is 29.2 Å². The number of carbonyl (C=O) groups excluding carboxylic acids is 6. The number of imidazole rings is 2. The molecule has 3 rings (SSSR count). The second-order valence-electron chi connectivity index (χ2n) is 18.2. The highest BCUT2D eigenvalue weighted by Crippen LogP contribution is 2.29. The van der Waals surface area contributed by atoms with Gasteiger partial charge < -0.3 is 53.1 Å². The minimum absolute atomic E-state index is 0.0455. The Morgan fingerprint density at radius 3 is 1.82 bits per heavy atom. The molecule has 0 saturated carbocycles. The van der Waals surface area contributed by atoms with E-state index >= 15 is 0 Å². The van der Waals surface area contributed by atoms with E-state index in [0.717, 1.165) is 31.2 Å².